The minimum Gasteiger partial charge on any atom is -0.317 e. The zero-order valence-corrected chi connectivity index (χ0v) is 21.4. The van der Waals surface area contributed by atoms with E-state index in [2.05, 4.69) is 65.4 Å². The quantitative estimate of drug-likeness (QED) is 0.193. The highest BCUT2D eigenvalue weighted by Gasteiger charge is 2.13. The van der Waals surface area contributed by atoms with E-state index in [1.165, 1.54) is 37.9 Å². The van der Waals surface area contributed by atoms with Crippen LogP contribution >= 0.6 is 11.6 Å². The third-order valence-electron chi connectivity index (χ3n) is 5.85. The summed E-state index contributed by atoms with van der Waals surface area (Å²) in [6.45, 7) is 8.87. The second kappa shape index (κ2) is 11.9. The third-order valence-corrected chi connectivity index (χ3v) is 6.04. The zero-order valence-electron chi connectivity index (χ0n) is 20.6. The van der Waals surface area contributed by atoms with E-state index in [0.29, 0.717) is 5.15 Å². The molecule has 0 unspecified atom stereocenters. The lowest BCUT2D eigenvalue weighted by Crippen LogP contribution is -2.15. The number of pyridine rings is 1. The lowest BCUT2D eigenvalue weighted by Gasteiger charge is -2.06. The first-order chi connectivity index (χ1) is 17.1. The summed E-state index contributed by atoms with van der Waals surface area (Å²) >= 11 is 6.25. The zero-order chi connectivity index (χ0) is 24.6. The van der Waals surface area contributed by atoms with Crippen LogP contribution in [0.5, 0.6) is 0 Å². The standard InChI is InChI=1S/C22H15ClN4.C7H17N/c1-14-6-8-15(9-7-14)16-11-24-22-19(12-25-27(22)13-16)18-10-21(23)26-20-5-3-2-4-17(18)20;1-3-5-7-8-6-4-2/h2-13H,1H3;8H,3-7H2,1-2H3. The maximum absolute atomic E-state index is 6.25. The van der Waals surface area contributed by atoms with E-state index >= 15 is 0 Å². The lowest BCUT2D eigenvalue weighted by atomic mass is 10.0. The molecule has 3 aromatic heterocycles. The fraction of sp³-hybridized carbons (Fsp3) is 0.276. The van der Waals surface area contributed by atoms with Gasteiger partial charge in [0.2, 0.25) is 0 Å². The van der Waals surface area contributed by atoms with Crippen molar-refractivity contribution in [2.24, 2.45) is 0 Å². The van der Waals surface area contributed by atoms with Crippen molar-refractivity contribution in [3.8, 4) is 22.3 Å². The van der Waals surface area contributed by atoms with Crippen molar-refractivity contribution in [2.45, 2.75) is 40.0 Å². The molecule has 5 rings (SSSR count). The van der Waals surface area contributed by atoms with Gasteiger partial charge in [0.1, 0.15) is 5.15 Å². The van der Waals surface area contributed by atoms with Gasteiger partial charge in [-0.15, -0.1) is 0 Å². The molecule has 0 aliphatic carbocycles. The summed E-state index contributed by atoms with van der Waals surface area (Å²) in [5.41, 5.74) is 6.94. The van der Waals surface area contributed by atoms with Gasteiger partial charge in [-0.25, -0.2) is 14.5 Å². The summed E-state index contributed by atoms with van der Waals surface area (Å²) in [5, 5.41) is 9.35. The van der Waals surface area contributed by atoms with Gasteiger partial charge in [-0.3, -0.25) is 0 Å². The van der Waals surface area contributed by atoms with Crippen molar-refractivity contribution in [1.29, 1.82) is 0 Å². The Morgan fingerprint density at radius 3 is 2.46 bits per heavy atom. The van der Waals surface area contributed by atoms with Crippen LogP contribution in [0.25, 0.3) is 38.8 Å². The molecule has 35 heavy (non-hydrogen) atoms. The fourth-order valence-electron chi connectivity index (χ4n) is 3.93. The van der Waals surface area contributed by atoms with Gasteiger partial charge in [0.15, 0.2) is 5.65 Å². The largest absolute Gasteiger partial charge is 0.317 e. The number of hydrogen-bond donors (Lipinski definition) is 1. The number of benzene rings is 2. The molecule has 5 nitrogen and oxygen atoms in total. The molecule has 180 valence electrons. The number of aromatic nitrogens is 4. The Hall–Kier alpha value is -3.28. The van der Waals surface area contributed by atoms with Crippen molar-refractivity contribution in [1.82, 2.24) is 24.9 Å². The molecule has 0 aliphatic heterocycles. The minimum atomic E-state index is 0.458. The Kier molecular flexibility index (Phi) is 8.45. The molecule has 5 aromatic rings. The average Bonchev–Trinajstić information content (AvgIpc) is 3.30. The average molecular weight is 486 g/mol. The number of hydrogen-bond acceptors (Lipinski definition) is 4. The highest BCUT2D eigenvalue weighted by atomic mass is 35.5. The monoisotopic (exact) mass is 485 g/mol. The van der Waals surface area contributed by atoms with Crippen LogP contribution in [0, 0.1) is 6.92 Å². The van der Waals surface area contributed by atoms with Gasteiger partial charge >= 0.3 is 0 Å². The van der Waals surface area contributed by atoms with Crippen molar-refractivity contribution < 1.29 is 0 Å². The Morgan fingerprint density at radius 2 is 1.69 bits per heavy atom. The first kappa shape index (κ1) is 24.8. The summed E-state index contributed by atoms with van der Waals surface area (Å²) < 4.78 is 1.81. The molecule has 0 saturated carbocycles. The highest BCUT2D eigenvalue weighted by molar-refractivity contribution is 6.30. The van der Waals surface area contributed by atoms with E-state index in [1.807, 2.05) is 53.4 Å². The van der Waals surface area contributed by atoms with Gasteiger partial charge in [-0.1, -0.05) is 79.9 Å². The molecule has 0 amide bonds. The second-order valence-corrected chi connectivity index (χ2v) is 9.04. The van der Waals surface area contributed by atoms with Gasteiger partial charge in [0.05, 0.1) is 11.7 Å². The maximum Gasteiger partial charge on any atom is 0.162 e. The van der Waals surface area contributed by atoms with Gasteiger partial charge in [0, 0.05) is 28.9 Å². The molecule has 0 aliphatic rings. The molecule has 3 heterocycles. The number of para-hydroxylation sites is 1. The topological polar surface area (TPSA) is 55.1 Å². The molecule has 0 atom stereocenters. The van der Waals surface area contributed by atoms with Crippen LogP contribution in [0.15, 0.2) is 73.2 Å². The number of nitrogens with one attached hydrogen (secondary N) is 1. The molecule has 2 aromatic carbocycles. The van der Waals surface area contributed by atoms with Crippen molar-refractivity contribution in [3.63, 3.8) is 0 Å². The van der Waals surface area contributed by atoms with Crippen LogP contribution < -0.4 is 5.32 Å². The van der Waals surface area contributed by atoms with E-state index in [9.17, 15) is 0 Å². The first-order valence-electron chi connectivity index (χ1n) is 12.3. The summed E-state index contributed by atoms with van der Waals surface area (Å²) in [6.07, 6.45) is 9.59. The van der Waals surface area contributed by atoms with Crippen LogP contribution in [0.4, 0.5) is 0 Å². The normalized spacial score (nSPS) is 11.0. The van der Waals surface area contributed by atoms with E-state index in [0.717, 1.165) is 38.8 Å². The van der Waals surface area contributed by atoms with Crippen LogP contribution in [0.3, 0.4) is 0 Å². The number of aryl methyl sites for hydroxylation is 1. The minimum absolute atomic E-state index is 0.458. The molecule has 0 radical (unpaired) electrons. The number of fused-ring (bicyclic) bond motifs is 2. The second-order valence-electron chi connectivity index (χ2n) is 8.65. The maximum atomic E-state index is 6.25. The molecule has 1 N–H and O–H groups in total. The number of rotatable bonds is 7. The van der Waals surface area contributed by atoms with Gasteiger partial charge < -0.3 is 5.32 Å². The predicted octanol–water partition coefficient (Wildman–Crippen LogP) is 7.36. The molecule has 0 saturated heterocycles. The Bertz CT molecular complexity index is 1390. The molecule has 6 heteroatoms. The van der Waals surface area contributed by atoms with Crippen LogP contribution in [0.2, 0.25) is 5.15 Å². The van der Waals surface area contributed by atoms with Gasteiger partial charge in [-0.05, 0) is 56.1 Å². The van der Waals surface area contributed by atoms with E-state index in [-0.39, 0.29) is 0 Å². The summed E-state index contributed by atoms with van der Waals surface area (Å²) in [5.74, 6) is 0. The molecule has 0 bridgehead atoms. The Morgan fingerprint density at radius 1 is 0.886 bits per heavy atom. The number of halogens is 1. The van der Waals surface area contributed by atoms with Gasteiger partial charge in [0.25, 0.3) is 0 Å². The Labute approximate surface area is 212 Å². The first-order valence-corrected chi connectivity index (χ1v) is 12.6. The third kappa shape index (κ3) is 6.05. The lowest BCUT2D eigenvalue weighted by molar-refractivity contribution is 0.633. The van der Waals surface area contributed by atoms with E-state index in [4.69, 9.17) is 11.6 Å². The molecular weight excluding hydrogens is 454 g/mol. The van der Waals surface area contributed by atoms with Crippen molar-refractivity contribution >= 4 is 28.2 Å². The summed E-state index contributed by atoms with van der Waals surface area (Å²) in [7, 11) is 0. The van der Waals surface area contributed by atoms with Crippen LogP contribution in [-0.4, -0.2) is 32.7 Å². The van der Waals surface area contributed by atoms with Crippen molar-refractivity contribution in [2.75, 3.05) is 13.1 Å². The van der Waals surface area contributed by atoms with E-state index < -0.39 is 0 Å². The van der Waals surface area contributed by atoms with Gasteiger partial charge in [-0.2, -0.15) is 5.10 Å². The molecule has 0 fully saturated rings. The van der Waals surface area contributed by atoms with E-state index in [1.54, 1.807) is 0 Å². The van der Waals surface area contributed by atoms with Crippen molar-refractivity contribution in [3.05, 3.63) is 83.9 Å². The smallest absolute Gasteiger partial charge is 0.162 e. The summed E-state index contributed by atoms with van der Waals surface area (Å²) in [4.78, 5) is 9.09. The molecule has 0 spiro atoms. The van der Waals surface area contributed by atoms with Crippen LogP contribution in [-0.2, 0) is 0 Å². The highest BCUT2D eigenvalue weighted by Crippen LogP contribution is 2.32. The Balaban J connectivity index is 0.000000314. The molecular formula is C29H32ClN5. The SMILES string of the molecule is CCCCNCCC.Cc1ccc(-c2cnc3c(-c4cc(Cl)nc5ccccc45)cnn3c2)cc1. The number of unbranched alkanes of at least 4 members (excludes halogenated alkanes) is 1. The van der Waals surface area contributed by atoms with Crippen LogP contribution in [0.1, 0.15) is 38.7 Å². The predicted molar refractivity (Wildman–Crippen MR) is 147 cm³/mol. The fourth-order valence-corrected chi connectivity index (χ4v) is 4.13. The summed E-state index contributed by atoms with van der Waals surface area (Å²) in [6, 6.07) is 18.2. The number of nitrogens with zero attached hydrogens (tertiary/aromatic N) is 4.